The predicted molar refractivity (Wildman–Crippen MR) is 120 cm³/mol. The number of hydrogen-bond donors (Lipinski definition) is 4. The average molecular weight is 536 g/mol. The maximum atomic E-state index is 12.5. The number of aryl methyl sites for hydroxylation is 1. The number of aromatic nitrogens is 2. The van der Waals surface area contributed by atoms with Crippen molar-refractivity contribution >= 4 is 45.2 Å². The van der Waals surface area contributed by atoms with Gasteiger partial charge in [0.25, 0.3) is 11.8 Å². The fraction of sp³-hybridized carbons (Fsp3) is 0.0952. The second-order valence-electron chi connectivity index (χ2n) is 6.52. The van der Waals surface area contributed by atoms with Gasteiger partial charge >= 0.3 is 12.0 Å². The Bertz CT molecular complexity index is 1160. The minimum absolute atomic E-state index is 0. The molecule has 2 aromatic carbocycles. The maximum absolute atomic E-state index is 12.5. The molecular weight excluding hydrogens is 516 g/mol. The van der Waals surface area contributed by atoms with E-state index in [1.54, 1.807) is 55.7 Å². The molecule has 0 saturated carbocycles. The molecule has 1 aromatic heterocycles. The summed E-state index contributed by atoms with van der Waals surface area (Å²) in [5, 5.41) is 7.42. The molecule has 0 aliphatic carbocycles. The topological polar surface area (TPSA) is 150 Å². The highest BCUT2D eigenvalue weighted by Gasteiger charge is 2.16. The summed E-state index contributed by atoms with van der Waals surface area (Å²) in [6, 6.07) is 10.8. The Hall–Kier alpha value is -3.54. The molecule has 0 saturated heterocycles. The van der Waals surface area contributed by atoms with E-state index in [9.17, 15) is 14.4 Å². The van der Waals surface area contributed by atoms with Crippen molar-refractivity contribution in [1.82, 2.24) is 15.3 Å². The Morgan fingerprint density at radius 3 is 2.42 bits per heavy atom. The van der Waals surface area contributed by atoms with Crippen LogP contribution in [0.4, 0.5) is 16.2 Å². The van der Waals surface area contributed by atoms with E-state index in [-0.39, 0.29) is 36.4 Å². The van der Waals surface area contributed by atoms with Gasteiger partial charge in [0.15, 0.2) is 6.54 Å². The third kappa shape index (κ3) is 7.24. The zero-order valence-corrected chi connectivity index (χ0v) is 19.7. The number of anilines is 2. The molecule has 6 N–H and O–H groups in total. The van der Waals surface area contributed by atoms with E-state index in [0.29, 0.717) is 17.1 Å². The SMILES string of the molecule is Cc1cc(NC(=O)NC(=O)c2ccccc2NC(=O)C[NH3+])ccc1Oc1ncc(Br)cn1.[Cl-]. The van der Waals surface area contributed by atoms with Gasteiger partial charge in [-0.25, -0.2) is 14.8 Å². The number of carbonyl (C=O) groups excluding carboxylic acids is 3. The molecule has 0 aliphatic heterocycles. The third-order valence-electron chi connectivity index (χ3n) is 4.13. The Balaban J connectivity index is 0.00000385. The molecular formula is C21H20BrClN6O4. The number of rotatable bonds is 6. The van der Waals surface area contributed by atoms with Crippen molar-refractivity contribution < 1.29 is 37.3 Å². The van der Waals surface area contributed by atoms with Crippen molar-refractivity contribution in [2.24, 2.45) is 0 Å². The van der Waals surface area contributed by atoms with Crippen LogP contribution in [-0.4, -0.2) is 34.4 Å². The second kappa shape index (κ2) is 11.9. The second-order valence-corrected chi connectivity index (χ2v) is 7.43. The molecule has 0 fully saturated rings. The number of amides is 4. The van der Waals surface area contributed by atoms with Crippen LogP contribution >= 0.6 is 15.9 Å². The van der Waals surface area contributed by atoms with Gasteiger partial charge in [-0.15, -0.1) is 0 Å². The Kier molecular flexibility index (Phi) is 9.28. The molecule has 10 nitrogen and oxygen atoms in total. The lowest BCUT2D eigenvalue weighted by atomic mass is 10.1. The van der Waals surface area contributed by atoms with Gasteiger partial charge in [0, 0.05) is 18.1 Å². The molecule has 172 valence electrons. The van der Waals surface area contributed by atoms with Crippen LogP contribution in [0.5, 0.6) is 11.8 Å². The molecule has 4 amide bonds. The summed E-state index contributed by atoms with van der Waals surface area (Å²) >= 11 is 3.26. The summed E-state index contributed by atoms with van der Waals surface area (Å²) in [4.78, 5) is 44.5. The molecule has 33 heavy (non-hydrogen) atoms. The number of urea groups is 1. The molecule has 0 radical (unpaired) electrons. The number of halogens is 2. The smallest absolute Gasteiger partial charge is 0.326 e. The first-order valence-electron chi connectivity index (χ1n) is 9.42. The number of benzene rings is 2. The number of ether oxygens (including phenoxy) is 1. The highest BCUT2D eigenvalue weighted by molar-refractivity contribution is 9.10. The van der Waals surface area contributed by atoms with Gasteiger partial charge in [-0.05, 0) is 58.7 Å². The van der Waals surface area contributed by atoms with Gasteiger partial charge in [0.1, 0.15) is 5.75 Å². The number of nitrogens with zero attached hydrogens (tertiary/aromatic N) is 2. The highest BCUT2D eigenvalue weighted by Crippen LogP contribution is 2.25. The van der Waals surface area contributed by atoms with Gasteiger partial charge in [-0.3, -0.25) is 14.9 Å². The van der Waals surface area contributed by atoms with Gasteiger partial charge < -0.3 is 33.5 Å². The predicted octanol–water partition coefficient (Wildman–Crippen LogP) is -0.514. The number of nitrogens with one attached hydrogen (secondary N) is 3. The van der Waals surface area contributed by atoms with E-state index in [0.717, 1.165) is 10.0 Å². The molecule has 3 rings (SSSR count). The first kappa shape index (κ1) is 25.7. The van der Waals surface area contributed by atoms with Gasteiger partial charge in [0.05, 0.1) is 15.7 Å². The maximum Gasteiger partial charge on any atom is 0.326 e. The molecule has 1 heterocycles. The minimum atomic E-state index is -0.724. The summed E-state index contributed by atoms with van der Waals surface area (Å²) in [5.74, 6) is -0.489. The fourth-order valence-corrected chi connectivity index (χ4v) is 2.83. The number of hydrogen-bond acceptors (Lipinski definition) is 6. The Morgan fingerprint density at radius 2 is 1.76 bits per heavy atom. The Morgan fingerprint density at radius 1 is 1.06 bits per heavy atom. The van der Waals surface area contributed by atoms with E-state index in [4.69, 9.17) is 4.74 Å². The van der Waals surface area contributed by atoms with Crippen LogP contribution < -0.4 is 38.8 Å². The number of para-hydroxylation sites is 1. The summed E-state index contributed by atoms with van der Waals surface area (Å²) in [5.41, 5.74) is 5.12. The molecule has 0 unspecified atom stereocenters. The van der Waals surface area contributed by atoms with E-state index in [1.807, 2.05) is 0 Å². The number of quaternary nitrogens is 1. The largest absolute Gasteiger partial charge is 1.00 e. The molecule has 0 atom stereocenters. The van der Waals surface area contributed by atoms with Gasteiger partial charge in [-0.1, -0.05) is 12.1 Å². The van der Waals surface area contributed by atoms with E-state index in [1.165, 1.54) is 6.07 Å². The zero-order chi connectivity index (χ0) is 23.1. The van der Waals surface area contributed by atoms with Crippen molar-refractivity contribution in [1.29, 1.82) is 0 Å². The van der Waals surface area contributed by atoms with Crippen molar-refractivity contribution in [3.8, 4) is 11.8 Å². The average Bonchev–Trinajstić information content (AvgIpc) is 2.77. The van der Waals surface area contributed by atoms with Crippen molar-refractivity contribution in [3.05, 3.63) is 70.5 Å². The van der Waals surface area contributed by atoms with Crippen LogP contribution in [0.1, 0.15) is 15.9 Å². The van der Waals surface area contributed by atoms with Crippen LogP contribution in [0.2, 0.25) is 0 Å². The van der Waals surface area contributed by atoms with Crippen molar-refractivity contribution in [2.45, 2.75) is 6.92 Å². The van der Waals surface area contributed by atoms with Gasteiger partial charge in [0.2, 0.25) is 0 Å². The van der Waals surface area contributed by atoms with E-state index in [2.05, 4.69) is 47.6 Å². The van der Waals surface area contributed by atoms with Crippen LogP contribution in [0, 0.1) is 6.92 Å². The molecule has 0 aliphatic rings. The van der Waals surface area contributed by atoms with Crippen LogP contribution in [-0.2, 0) is 4.79 Å². The monoisotopic (exact) mass is 534 g/mol. The summed E-state index contributed by atoms with van der Waals surface area (Å²) in [6.07, 6.45) is 3.13. The third-order valence-corrected chi connectivity index (χ3v) is 4.54. The molecule has 0 bridgehead atoms. The normalized spacial score (nSPS) is 9.91. The lowest BCUT2D eigenvalue weighted by Crippen LogP contribution is -3.00. The van der Waals surface area contributed by atoms with Gasteiger partial charge in [-0.2, -0.15) is 0 Å². The minimum Gasteiger partial charge on any atom is -1.00 e. The molecule has 12 heteroatoms. The summed E-state index contributed by atoms with van der Waals surface area (Å²) in [6.45, 7) is 1.81. The fourth-order valence-electron chi connectivity index (χ4n) is 2.63. The molecule has 0 spiro atoms. The van der Waals surface area contributed by atoms with Crippen LogP contribution in [0.25, 0.3) is 0 Å². The van der Waals surface area contributed by atoms with Crippen LogP contribution in [0.15, 0.2) is 59.3 Å². The summed E-state index contributed by atoms with van der Waals surface area (Å²) in [7, 11) is 0. The van der Waals surface area contributed by atoms with Crippen molar-refractivity contribution in [3.63, 3.8) is 0 Å². The summed E-state index contributed by atoms with van der Waals surface area (Å²) < 4.78 is 6.37. The standard InChI is InChI=1S/C21H19BrN6O4.ClH/c1-12-8-14(6-7-17(12)32-21-24-10-13(22)11-25-21)26-20(31)28-19(30)15-4-2-3-5-16(15)27-18(29)9-23;/h2-8,10-11H,9,23H2,1H3,(H,27,29)(H2,26,28,30,31);1H. The van der Waals surface area contributed by atoms with E-state index >= 15 is 0 Å². The Labute approximate surface area is 203 Å². The lowest BCUT2D eigenvalue weighted by molar-refractivity contribution is -0.353. The van der Waals surface area contributed by atoms with Crippen LogP contribution in [0.3, 0.4) is 0 Å². The van der Waals surface area contributed by atoms with Crippen molar-refractivity contribution in [2.75, 3.05) is 17.2 Å². The quantitative estimate of drug-likeness (QED) is 0.334. The van der Waals surface area contributed by atoms with E-state index < -0.39 is 11.9 Å². The highest BCUT2D eigenvalue weighted by atomic mass is 79.9. The number of carbonyl (C=O) groups is 3. The zero-order valence-electron chi connectivity index (χ0n) is 17.4. The first-order chi connectivity index (χ1) is 15.4. The first-order valence-corrected chi connectivity index (χ1v) is 10.2. The number of imide groups is 1. The lowest BCUT2D eigenvalue weighted by Gasteiger charge is -2.12. The molecule has 3 aromatic rings.